The molecule has 7 nitrogen and oxygen atoms in total. The summed E-state index contributed by atoms with van der Waals surface area (Å²) in [6.07, 6.45) is 1.55. The second kappa shape index (κ2) is 5.16. The number of aromatic nitrogens is 4. The van der Waals surface area contributed by atoms with E-state index in [4.69, 9.17) is 5.26 Å². The van der Waals surface area contributed by atoms with Crippen LogP contribution in [0, 0.1) is 11.3 Å². The van der Waals surface area contributed by atoms with E-state index in [9.17, 15) is 4.79 Å². The molecule has 8 heteroatoms. The van der Waals surface area contributed by atoms with E-state index >= 15 is 0 Å². The molecule has 0 spiro atoms. The van der Waals surface area contributed by atoms with Crippen LogP contribution in [0.4, 0.5) is 5.82 Å². The first kappa shape index (κ1) is 13.2. The maximum Gasteiger partial charge on any atom is 0.270 e. The molecule has 98 valence electrons. The molecule has 19 heavy (non-hydrogen) atoms. The first-order valence-corrected chi connectivity index (χ1v) is 6.37. The van der Waals surface area contributed by atoms with Gasteiger partial charge in [0.1, 0.15) is 16.5 Å². The molecular formula is C11H12N6OS. The lowest BCUT2D eigenvalue weighted by Crippen LogP contribution is -2.14. The van der Waals surface area contributed by atoms with Gasteiger partial charge in [0.15, 0.2) is 5.82 Å². The summed E-state index contributed by atoms with van der Waals surface area (Å²) in [6, 6.07) is 1.98. The van der Waals surface area contributed by atoms with Crippen LogP contribution < -0.4 is 5.32 Å². The highest BCUT2D eigenvalue weighted by Crippen LogP contribution is 2.21. The van der Waals surface area contributed by atoms with Crippen molar-refractivity contribution in [3.63, 3.8) is 0 Å². The van der Waals surface area contributed by atoms with Crippen molar-refractivity contribution in [2.75, 3.05) is 5.32 Å². The molecule has 0 saturated carbocycles. The highest BCUT2D eigenvalue weighted by molar-refractivity contribution is 7.08. The summed E-state index contributed by atoms with van der Waals surface area (Å²) in [4.78, 5) is 12.6. The van der Waals surface area contributed by atoms with Crippen LogP contribution in [-0.4, -0.2) is 25.3 Å². The Bertz CT molecular complexity index is 650. The predicted octanol–water partition coefficient (Wildman–Crippen LogP) is 1.52. The number of rotatable bonds is 3. The Morgan fingerprint density at radius 2 is 2.32 bits per heavy atom. The normalized spacial score (nSPS) is 10.5. The smallest absolute Gasteiger partial charge is 0.270 e. The van der Waals surface area contributed by atoms with Gasteiger partial charge in [-0.15, -0.1) is 5.10 Å². The van der Waals surface area contributed by atoms with Crippen molar-refractivity contribution in [2.45, 2.75) is 19.8 Å². The number of nitrogens with zero attached hydrogens (tertiary/aromatic N) is 5. The number of hydrogen-bond donors (Lipinski definition) is 1. The molecule has 0 radical (unpaired) electrons. The number of nitrogens with one attached hydrogen (secondary N) is 1. The zero-order valence-electron chi connectivity index (χ0n) is 10.7. The average Bonchev–Trinajstić information content (AvgIpc) is 2.95. The monoisotopic (exact) mass is 276 g/mol. The first-order chi connectivity index (χ1) is 9.02. The first-order valence-electron chi connectivity index (χ1n) is 5.60. The molecule has 0 aromatic carbocycles. The van der Waals surface area contributed by atoms with E-state index in [1.54, 1.807) is 13.2 Å². The van der Waals surface area contributed by atoms with Gasteiger partial charge in [-0.2, -0.15) is 10.4 Å². The zero-order valence-corrected chi connectivity index (χ0v) is 11.5. The standard InChI is InChI=1S/C11H12N6OS/c1-6(2)8-9(19-16-14-8)11(18)13-10-7(4-12)5-17(3)15-10/h5-6H,1-3H3,(H,13,15,18). The van der Waals surface area contributed by atoms with Crippen molar-refractivity contribution >= 4 is 23.3 Å². The van der Waals surface area contributed by atoms with Crippen molar-refractivity contribution in [2.24, 2.45) is 7.05 Å². The van der Waals surface area contributed by atoms with Gasteiger partial charge in [-0.05, 0) is 17.5 Å². The van der Waals surface area contributed by atoms with Gasteiger partial charge >= 0.3 is 0 Å². The van der Waals surface area contributed by atoms with Gasteiger partial charge in [0, 0.05) is 13.2 Å². The lowest BCUT2D eigenvalue weighted by molar-refractivity contribution is 0.102. The van der Waals surface area contributed by atoms with Gasteiger partial charge in [-0.3, -0.25) is 9.48 Å². The molecule has 0 aliphatic rings. The van der Waals surface area contributed by atoms with E-state index in [0.29, 0.717) is 16.1 Å². The van der Waals surface area contributed by atoms with Gasteiger partial charge in [0.05, 0.1) is 5.69 Å². The molecular weight excluding hydrogens is 264 g/mol. The van der Waals surface area contributed by atoms with Crippen LogP contribution in [-0.2, 0) is 7.05 Å². The van der Waals surface area contributed by atoms with Gasteiger partial charge in [0.2, 0.25) is 0 Å². The fourth-order valence-corrected chi connectivity index (χ4v) is 2.27. The van der Waals surface area contributed by atoms with Crippen LogP contribution in [0.1, 0.15) is 40.7 Å². The number of carbonyl (C=O) groups excluding carboxylic acids is 1. The molecule has 0 bridgehead atoms. The topological polar surface area (TPSA) is 96.5 Å². The Morgan fingerprint density at radius 1 is 1.58 bits per heavy atom. The summed E-state index contributed by atoms with van der Waals surface area (Å²) >= 11 is 1.03. The van der Waals surface area contributed by atoms with Crippen molar-refractivity contribution in [3.05, 3.63) is 22.3 Å². The minimum Gasteiger partial charge on any atom is -0.303 e. The molecule has 2 rings (SSSR count). The van der Waals surface area contributed by atoms with E-state index in [1.165, 1.54) is 4.68 Å². The maximum absolute atomic E-state index is 12.1. The highest BCUT2D eigenvalue weighted by Gasteiger charge is 2.20. The number of anilines is 1. The summed E-state index contributed by atoms with van der Waals surface area (Å²) in [5, 5.41) is 19.5. The van der Waals surface area contributed by atoms with E-state index in [0.717, 1.165) is 11.5 Å². The number of amides is 1. The number of carbonyl (C=O) groups is 1. The second-order valence-corrected chi connectivity index (χ2v) is 5.03. The van der Waals surface area contributed by atoms with Crippen LogP contribution in [0.2, 0.25) is 0 Å². The maximum atomic E-state index is 12.1. The van der Waals surface area contributed by atoms with Gasteiger partial charge in [0.25, 0.3) is 5.91 Å². The summed E-state index contributed by atoms with van der Waals surface area (Å²) in [5.41, 5.74) is 0.969. The number of hydrogen-bond acceptors (Lipinski definition) is 6. The third-order valence-electron chi connectivity index (χ3n) is 2.45. The molecule has 0 fully saturated rings. The summed E-state index contributed by atoms with van der Waals surface area (Å²) in [5.74, 6) is 0.0191. The molecule has 2 heterocycles. The van der Waals surface area contributed by atoms with Gasteiger partial charge in [-0.1, -0.05) is 18.3 Å². The average molecular weight is 276 g/mol. The third-order valence-corrected chi connectivity index (χ3v) is 3.19. The number of nitriles is 1. The van der Waals surface area contributed by atoms with Crippen molar-refractivity contribution in [1.82, 2.24) is 19.4 Å². The Labute approximate surface area is 114 Å². The SMILES string of the molecule is CC(C)c1nnsc1C(=O)Nc1nn(C)cc1C#N. The van der Waals surface area contributed by atoms with Crippen LogP contribution in [0.15, 0.2) is 6.20 Å². The molecule has 0 aliphatic carbocycles. The molecule has 2 aromatic heterocycles. The van der Waals surface area contributed by atoms with Crippen LogP contribution in [0.3, 0.4) is 0 Å². The van der Waals surface area contributed by atoms with E-state index in [1.807, 2.05) is 19.9 Å². The summed E-state index contributed by atoms with van der Waals surface area (Å²) < 4.78 is 5.27. The third kappa shape index (κ3) is 2.61. The van der Waals surface area contributed by atoms with Crippen LogP contribution in [0.5, 0.6) is 0 Å². The molecule has 0 aliphatic heterocycles. The Kier molecular flexibility index (Phi) is 3.57. The van der Waals surface area contributed by atoms with E-state index in [2.05, 4.69) is 20.0 Å². The van der Waals surface area contributed by atoms with Crippen LogP contribution in [0.25, 0.3) is 0 Å². The summed E-state index contributed by atoms with van der Waals surface area (Å²) in [7, 11) is 1.68. The Hall–Kier alpha value is -2.27. The molecule has 2 aromatic rings. The highest BCUT2D eigenvalue weighted by atomic mass is 32.1. The fraction of sp³-hybridized carbons (Fsp3) is 0.364. The molecule has 0 atom stereocenters. The zero-order chi connectivity index (χ0) is 14.0. The molecule has 1 N–H and O–H groups in total. The number of aryl methyl sites for hydroxylation is 1. The summed E-state index contributed by atoms with van der Waals surface area (Å²) in [6.45, 7) is 3.88. The van der Waals surface area contributed by atoms with Crippen LogP contribution >= 0.6 is 11.5 Å². The lowest BCUT2D eigenvalue weighted by Gasteiger charge is -2.04. The molecule has 0 saturated heterocycles. The van der Waals surface area contributed by atoms with E-state index in [-0.39, 0.29) is 17.6 Å². The van der Waals surface area contributed by atoms with Gasteiger partial charge in [-0.25, -0.2) is 0 Å². The van der Waals surface area contributed by atoms with Crippen molar-refractivity contribution in [1.29, 1.82) is 5.26 Å². The van der Waals surface area contributed by atoms with E-state index < -0.39 is 0 Å². The van der Waals surface area contributed by atoms with Crippen molar-refractivity contribution in [3.8, 4) is 6.07 Å². The van der Waals surface area contributed by atoms with Crippen molar-refractivity contribution < 1.29 is 4.79 Å². The Morgan fingerprint density at radius 3 is 2.95 bits per heavy atom. The molecule has 1 amide bonds. The quantitative estimate of drug-likeness (QED) is 0.916. The second-order valence-electron chi connectivity index (χ2n) is 4.27. The minimum absolute atomic E-state index is 0.110. The minimum atomic E-state index is -0.339. The molecule has 0 unspecified atom stereocenters. The lowest BCUT2D eigenvalue weighted by atomic mass is 10.1. The van der Waals surface area contributed by atoms with Gasteiger partial charge < -0.3 is 5.32 Å². The predicted molar refractivity (Wildman–Crippen MR) is 69.9 cm³/mol. The fourth-order valence-electron chi connectivity index (χ4n) is 1.56. The largest absolute Gasteiger partial charge is 0.303 e. The Balaban J connectivity index is 2.26.